The second kappa shape index (κ2) is 7.42. The molecule has 0 spiro atoms. The molecule has 0 fully saturated rings. The van der Waals surface area contributed by atoms with E-state index in [1.54, 1.807) is 6.92 Å². The van der Waals surface area contributed by atoms with Gasteiger partial charge in [0.15, 0.2) is 0 Å². The molecule has 0 saturated carbocycles. The van der Waals surface area contributed by atoms with Crippen LogP contribution in [0.15, 0.2) is 34.7 Å². The van der Waals surface area contributed by atoms with Crippen LogP contribution in [0.5, 0.6) is 0 Å². The quantitative estimate of drug-likeness (QED) is 0.823. The summed E-state index contributed by atoms with van der Waals surface area (Å²) >= 11 is 0. The number of rotatable bonds is 7. The predicted molar refractivity (Wildman–Crippen MR) is 88.9 cm³/mol. The number of hydrogen-bond acceptors (Lipinski definition) is 4. The maximum absolute atomic E-state index is 12.1. The van der Waals surface area contributed by atoms with Gasteiger partial charge in [0.25, 0.3) is 0 Å². The summed E-state index contributed by atoms with van der Waals surface area (Å²) < 4.78 is 5.65. The SMILES string of the molecule is CCC(O)(CC)CNC(=O)Cc1nc(-c2ccccc2)oc1C. The van der Waals surface area contributed by atoms with E-state index < -0.39 is 5.60 Å². The van der Waals surface area contributed by atoms with Crippen LogP contribution >= 0.6 is 0 Å². The molecule has 2 aromatic rings. The van der Waals surface area contributed by atoms with E-state index in [1.807, 2.05) is 44.2 Å². The Kier molecular flexibility index (Phi) is 5.55. The van der Waals surface area contributed by atoms with Crippen LogP contribution in [0.2, 0.25) is 0 Å². The smallest absolute Gasteiger partial charge is 0.226 e. The number of nitrogens with zero attached hydrogens (tertiary/aromatic N) is 1. The molecule has 0 atom stereocenters. The van der Waals surface area contributed by atoms with E-state index in [2.05, 4.69) is 10.3 Å². The first kappa shape index (κ1) is 17.2. The normalized spacial score (nSPS) is 11.5. The van der Waals surface area contributed by atoms with Gasteiger partial charge in [-0.2, -0.15) is 0 Å². The fourth-order valence-electron chi connectivity index (χ4n) is 2.27. The number of amides is 1. The minimum atomic E-state index is -0.844. The molecule has 2 N–H and O–H groups in total. The van der Waals surface area contributed by atoms with Gasteiger partial charge in [0, 0.05) is 12.1 Å². The molecule has 0 unspecified atom stereocenters. The van der Waals surface area contributed by atoms with Crippen LogP contribution in [0.4, 0.5) is 0 Å². The summed E-state index contributed by atoms with van der Waals surface area (Å²) in [5.41, 5.74) is 0.662. The average molecular weight is 316 g/mol. The Morgan fingerprint density at radius 1 is 1.26 bits per heavy atom. The lowest BCUT2D eigenvalue weighted by molar-refractivity contribution is -0.121. The number of aryl methyl sites for hydroxylation is 1. The third-order valence-corrected chi connectivity index (χ3v) is 4.17. The number of oxazole rings is 1. The second-order valence-electron chi connectivity index (χ2n) is 5.77. The maximum atomic E-state index is 12.1. The van der Waals surface area contributed by atoms with Crippen LogP contribution in [0.3, 0.4) is 0 Å². The van der Waals surface area contributed by atoms with E-state index in [4.69, 9.17) is 4.42 Å². The molecule has 1 heterocycles. The summed E-state index contributed by atoms with van der Waals surface area (Å²) in [5.74, 6) is 0.992. The number of carbonyl (C=O) groups is 1. The lowest BCUT2D eigenvalue weighted by Crippen LogP contribution is -2.42. The Morgan fingerprint density at radius 2 is 1.91 bits per heavy atom. The summed E-state index contributed by atoms with van der Waals surface area (Å²) in [7, 11) is 0. The molecule has 124 valence electrons. The van der Waals surface area contributed by atoms with Gasteiger partial charge in [0.05, 0.1) is 17.7 Å². The number of aliphatic hydroxyl groups is 1. The molecule has 1 amide bonds. The predicted octanol–water partition coefficient (Wildman–Crippen LogP) is 2.86. The molecule has 1 aromatic carbocycles. The Hall–Kier alpha value is -2.14. The van der Waals surface area contributed by atoms with Gasteiger partial charge in [-0.3, -0.25) is 4.79 Å². The molecule has 0 aliphatic heterocycles. The number of carbonyl (C=O) groups excluding carboxylic acids is 1. The lowest BCUT2D eigenvalue weighted by atomic mass is 9.97. The maximum Gasteiger partial charge on any atom is 0.226 e. The van der Waals surface area contributed by atoms with Crippen molar-refractivity contribution in [3.05, 3.63) is 41.8 Å². The zero-order valence-electron chi connectivity index (χ0n) is 13.9. The second-order valence-corrected chi connectivity index (χ2v) is 5.77. The molecule has 0 bridgehead atoms. The minimum Gasteiger partial charge on any atom is -0.441 e. The first-order valence-electron chi connectivity index (χ1n) is 7.98. The van der Waals surface area contributed by atoms with E-state index in [0.717, 1.165) is 5.56 Å². The molecule has 1 aromatic heterocycles. The molecular formula is C18H24N2O3. The van der Waals surface area contributed by atoms with Crippen molar-refractivity contribution in [3.8, 4) is 11.5 Å². The molecule has 23 heavy (non-hydrogen) atoms. The standard InChI is InChI=1S/C18H24N2O3/c1-4-18(22,5-2)12-19-16(21)11-15-13(3)23-17(20-15)14-9-7-6-8-10-14/h6-10,22H,4-5,11-12H2,1-3H3,(H,19,21). The van der Waals surface area contributed by atoms with Crippen molar-refractivity contribution in [1.29, 1.82) is 0 Å². The fourth-order valence-corrected chi connectivity index (χ4v) is 2.27. The van der Waals surface area contributed by atoms with Crippen molar-refractivity contribution < 1.29 is 14.3 Å². The van der Waals surface area contributed by atoms with Gasteiger partial charge in [-0.15, -0.1) is 0 Å². The van der Waals surface area contributed by atoms with E-state index >= 15 is 0 Å². The van der Waals surface area contributed by atoms with Crippen molar-refractivity contribution in [3.63, 3.8) is 0 Å². The van der Waals surface area contributed by atoms with Crippen LogP contribution in [0.1, 0.15) is 38.1 Å². The van der Waals surface area contributed by atoms with Crippen molar-refractivity contribution in [2.75, 3.05) is 6.54 Å². The average Bonchev–Trinajstić information content (AvgIpc) is 2.94. The van der Waals surface area contributed by atoms with Crippen LogP contribution in [0, 0.1) is 6.92 Å². The van der Waals surface area contributed by atoms with Gasteiger partial charge >= 0.3 is 0 Å². The highest BCUT2D eigenvalue weighted by molar-refractivity contribution is 5.78. The van der Waals surface area contributed by atoms with Crippen LogP contribution < -0.4 is 5.32 Å². The highest BCUT2D eigenvalue weighted by Gasteiger charge is 2.23. The first-order chi connectivity index (χ1) is 11.0. The Balaban J connectivity index is 2.01. The number of benzene rings is 1. The largest absolute Gasteiger partial charge is 0.441 e. The fraction of sp³-hybridized carbons (Fsp3) is 0.444. The number of aromatic nitrogens is 1. The summed E-state index contributed by atoms with van der Waals surface area (Å²) in [6, 6.07) is 9.58. The minimum absolute atomic E-state index is 0.145. The van der Waals surface area contributed by atoms with Crippen molar-refractivity contribution in [2.45, 2.75) is 45.6 Å². The van der Waals surface area contributed by atoms with Gasteiger partial charge < -0.3 is 14.8 Å². The number of nitrogens with one attached hydrogen (secondary N) is 1. The molecule has 5 heteroatoms. The highest BCUT2D eigenvalue weighted by atomic mass is 16.4. The van der Waals surface area contributed by atoms with Crippen molar-refractivity contribution in [2.24, 2.45) is 0 Å². The number of hydrogen-bond donors (Lipinski definition) is 2. The topological polar surface area (TPSA) is 75.4 Å². The summed E-state index contributed by atoms with van der Waals surface area (Å²) in [4.78, 5) is 16.5. The lowest BCUT2D eigenvalue weighted by Gasteiger charge is -2.25. The van der Waals surface area contributed by atoms with E-state index in [1.165, 1.54) is 0 Å². The van der Waals surface area contributed by atoms with E-state index in [0.29, 0.717) is 30.2 Å². The van der Waals surface area contributed by atoms with Crippen LogP contribution in [-0.4, -0.2) is 28.1 Å². The van der Waals surface area contributed by atoms with Crippen molar-refractivity contribution in [1.82, 2.24) is 10.3 Å². The summed E-state index contributed by atoms with van der Waals surface area (Å²) in [6.07, 6.45) is 1.35. The zero-order chi connectivity index (χ0) is 16.9. The monoisotopic (exact) mass is 316 g/mol. The molecule has 0 radical (unpaired) electrons. The van der Waals surface area contributed by atoms with Gasteiger partial charge in [-0.05, 0) is 31.9 Å². The molecule has 0 aliphatic carbocycles. The van der Waals surface area contributed by atoms with Gasteiger partial charge in [0.2, 0.25) is 11.8 Å². The van der Waals surface area contributed by atoms with Crippen LogP contribution in [0.25, 0.3) is 11.5 Å². The third-order valence-electron chi connectivity index (χ3n) is 4.17. The highest BCUT2D eigenvalue weighted by Crippen LogP contribution is 2.21. The zero-order valence-corrected chi connectivity index (χ0v) is 13.9. The third kappa shape index (κ3) is 4.42. The van der Waals surface area contributed by atoms with E-state index in [-0.39, 0.29) is 18.9 Å². The van der Waals surface area contributed by atoms with E-state index in [9.17, 15) is 9.90 Å². The molecule has 5 nitrogen and oxygen atoms in total. The molecular weight excluding hydrogens is 292 g/mol. The van der Waals surface area contributed by atoms with Crippen LogP contribution in [-0.2, 0) is 11.2 Å². The molecule has 0 aliphatic rings. The Morgan fingerprint density at radius 3 is 2.52 bits per heavy atom. The van der Waals surface area contributed by atoms with Gasteiger partial charge in [-0.25, -0.2) is 4.98 Å². The van der Waals surface area contributed by atoms with Crippen molar-refractivity contribution >= 4 is 5.91 Å². The summed E-state index contributed by atoms with van der Waals surface area (Å²) in [6.45, 7) is 5.87. The molecule has 2 rings (SSSR count). The first-order valence-corrected chi connectivity index (χ1v) is 7.98. The Bertz CT molecular complexity index is 646. The van der Waals surface area contributed by atoms with Gasteiger partial charge in [0.1, 0.15) is 5.76 Å². The molecule has 0 saturated heterocycles. The van der Waals surface area contributed by atoms with Gasteiger partial charge in [-0.1, -0.05) is 32.0 Å². The Labute approximate surface area is 136 Å². The summed E-state index contributed by atoms with van der Waals surface area (Å²) in [5, 5.41) is 13.0.